The Balaban J connectivity index is 1.53. The van der Waals surface area contributed by atoms with Crippen LogP contribution in [0.15, 0.2) is 100 Å². The molecule has 0 spiro atoms. The zero-order valence-electron chi connectivity index (χ0n) is 24.7. The van der Waals surface area contributed by atoms with E-state index in [1.54, 1.807) is 37.3 Å². The number of amides is 1. The van der Waals surface area contributed by atoms with Gasteiger partial charge in [0.05, 0.1) is 30.7 Å². The lowest BCUT2D eigenvalue weighted by Gasteiger charge is -2.25. The van der Waals surface area contributed by atoms with E-state index in [0.29, 0.717) is 39.0 Å². The van der Waals surface area contributed by atoms with Gasteiger partial charge >= 0.3 is 12.1 Å². The number of methoxy groups -OCH3 is 1. The van der Waals surface area contributed by atoms with Gasteiger partial charge in [-0.2, -0.15) is 13.2 Å². The molecule has 0 radical (unpaired) electrons. The highest BCUT2D eigenvalue weighted by molar-refractivity contribution is 7.92. The summed E-state index contributed by atoms with van der Waals surface area (Å²) in [6.07, 6.45) is -4.69. The predicted molar refractivity (Wildman–Crippen MR) is 164 cm³/mol. The van der Waals surface area contributed by atoms with Crippen molar-refractivity contribution < 1.29 is 45.4 Å². The first-order valence-electron chi connectivity index (χ1n) is 13.9. The maximum Gasteiger partial charge on any atom is 0.449 e. The second-order valence-corrected chi connectivity index (χ2v) is 12.6. The van der Waals surface area contributed by atoms with Crippen molar-refractivity contribution in [1.82, 2.24) is 4.90 Å². The fraction of sp³-hybridized carbons (Fsp3) is 0.176. The van der Waals surface area contributed by atoms with E-state index in [4.69, 9.17) is 14.3 Å². The number of nitrogens with zero attached hydrogens (tertiary/aromatic N) is 1. The normalized spacial score (nSPS) is 11.8. The zero-order valence-corrected chi connectivity index (χ0v) is 25.5. The maximum atomic E-state index is 14.2. The summed E-state index contributed by atoms with van der Waals surface area (Å²) in [6.45, 7) is 1.44. The topological polar surface area (TPSA) is 114 Å². The number of carbonyl (C=O) groups is 2. The third kappa shape index (κ3) is 6.91. The van der Waals surface area contributed by atoms with E-state index in [0.717, 1.165) is 11.5 Å². The molecule has 12 heteroatoms. The van der Waals surface area contributed by atoms with Gasteiger partial charge in [0, 0.05) is 5.56 Å². The molecule has 0 fully saturated rings. The van der Waals surface area contributed by atoms with E-state index in [-0.39, 0.29) is 23.7 Å². The van der Waals surface area contributed by atoms with Gasteiger partial charge in [-0.25, -0.2) is 8.42 Å². The molecule has 5 rings (SSSR count). The van der Waals surface area contributed by atoms with Crippen molar-refractivity contribution in [2.75, 3.05) is 12.9 Å². The smallest absolute Gasteiger partial charge is 0.449 e. The summed E-state index contributed by atoms with van der Waals surface area (Å²) in [5.41, 5.74) is 2.64. The number of aryl methyl sites for hydroxylation is 1. The number of hydrogen-bond acceptors (Lipinski definition) is 6. The summed E-state index contributed by atoms with van der Waals surface area (Å²) >= 11 is 0. The van der Waals surface area contributed by atoms with Crippen LogP contribution in [0.3, 0.4) is 0 Å². The predicted octanol–water partition coefficient (Wildman–Crippen LogP) is 7.14. The Bertz CT molecular complexity index is 2050. The van der Waals surface area contributed by atoms with Crippen LogP contribution in [0.5, 0.6) is 5.75 Å². The molecule has 8 nitrogen and oxygen atoms in total. The van der Waals surface area contributed by atoms with Gasteiger partial charge in [-0.3, -0.25) is 9.59 Å². The molecular formula is C34H28F3NO7S. The lowest BCUT2D eigenvalue weighted by atomic mass is 9.98. The first-order chi connectivity index (χ1) is 21.8. The molecule has 0 aliphatic rings. The summed E-state index contributed by atoms with van der Waals surface area (Å²) in [7, 11) is -2.66. The van der Waals surface area contributed by atoms with E-state index in [1.807, 2.05) is 30.3 Å². The van der Waals surface area contributed by atoms with Crippen molar-refractivity contribution in [1.29, 1.82) is 0 Å². The number of ether oxygens (including phenoxy) is 1. The van der Waals surface area contributed by atoms with Crippen LogP contribution in [0.1, 0.15) is 33.0 Å². The molecule has 1 amide bonds. The number of halogens is 3. The minimum atomic E-state index is -4.69. The van der Waals surface area contributed by atoms with Gasteiger partial charge in [0.15, 0.2) is 15.6 Å². The van der Waals surface area contributed by atoms with Crippen LogP contribution < -0.4 is 4.74 Å². The third-order valence-corrected chi connectivity index (χ3v) is 9.01. The molecule has 0 bridgehead atoms. The summed E-state index contributed by atoms with van der Waals surface area (Å²) in [5, 5.41) is 10.5. The molecule has 1 N–H and O–H groups in total. The number of fused-ring (bicyclic) bond motifs is 1. The third-order valence-electron chi connectivity index (χ3n) is 7.41. The monoisotopic (exact) mass is 651 g/mol. The van der Waals surface area contributed by atoms with E-state index in [2.05, 4.69) is 0 Å². The number of furan rings is 1. The van der Waals surface area contributed by atoms with Crippen LogP contribution in [-0.4, -0.2) is 43.2 Å². The number of sulfone groups is 1. The lowest BCUT2D eigenvalue weighted by molar-refractivity contribution is -0.153. The number of alkyl halides is 3. The van der Waals surface area contributed by atoms with Crippen molar-refractivity contribution in [2.45, 2.75) is 31.1 Å². The molecule has 4 aromatic carbocycles. The van der Waals surface area contributed by atoms with Crippen LogP contribution in [0.4, 0.5) is 13.2 Å². The van der Waals surface area contributed by atoms with Crippen molar-refractivity contribution >= 4 is 32.5 Å². The highest BCUT2D eigenvalue weighted by Gasteiger charge is 2.35. The number of rotatable bonds is 10. The van der Waals surface area contributed by atoms with Crippen molar-refractivity contribution in [3.05, 3.63) is 119 Å². The Morgan fingerprint density at radius 2 is 1.63 bits per heavy atom. The number of aliphatic carboxylic acids is 1. The van der Waals surface area contributed by atoms with Crippen molar-refractivity contribution in [2.24, 2.45) is 0 Å². The first kappa shape index (κ1) is 32.3. The Hall–Kier alpha value is -5.10. The highest BCUT2D eigenvalue weighted by Crippen LogP contribution is 2.34. The summed E-state index contributed by atoms with van der Waals surface area (Å²) in [6, 6.07) is 23.8. The molecule has 0 aliphatic carbocycles. The van der Waals surface area contributed by atoms with Gasteiger partial charge in [-0.05, 0) is 64.7 Å². The molecule has 1 aromatic heterocycles. The second kappa shape index (κ2) is 12.7. The van der Waals surface area contributed by atoms with Gasteiger partial charge in [0.25, 0.3) is 5.91 Å². The Kier molecular flexibility index (Phi) is 8.93. The first-order valence-corrected chi connectivity index (χ1v) is 15.6. The Morgan fingerprint density at radius 3 is 2.33 bits per heavy atom. The minimum Gasteiger partial charge on any atom is -0.496 e. The van der Waals surface area contributed by atoms with Crippen LogP contribution >= 0.6 is 0 Å². The van der Waals surface area contributed by atoms with Gasteiger partial charge < -0.3 is 19.2 Å². The average Bonchev–Trinajstić information content (AvgIpc) is 3.49. The quantitative estimate of drug-likeness (QED) is 0.171. The highest BCUT2D eigenvalue weighted by atomic mass is 32.2. The summed E-state index contributed by atoms with van der Waals surface area (Å²) < 4.78 is 75.6. The Labute approximate surface area is 262 Å². The second-order valence-electron chi connectivity index (χ2n) is 10.6. The SMILES string of the molecule is COc1cc(-c2cccc(S(=O)(=O)CC(=O)O)c2)ccc1CN(Cc1ccc(C(F)(F)F)o1)C(=O)c1c(C)ccc2ccccc12. The number of hydrogen-bond donors (Lipinski definition) is 1. The number of carbonyl (C=O) groups excluding carboxylic acids is 1. The number of carboxylic acid groups (broad SMARTS) is 1. The molecule has 5 aromatic rings. The molecule has 46 heavy (non-hydrogen) atoms. The van der Waals surface area contributed by atoms with Crippen LogP contribution in [0, 0.1) is 6.92 Å². The summed E-state index contributed by atoms with van der Waals surface area (Å²) in [5.74, 6) is -3.86. The average molecular weight is 652 g/mol. The van der Waals surface area contributed by atoms with Gasteiger partial charge in [0.1, 0.15) is 11.5 Å². The molecule has 0 unspecified atom stereocenters. The van der Waals surface area contributed by atoms with Crippen molar-refractivity contribution in [3.63, 3.8) is 0 Å². The summed E-state index contributed by atoms with van der Waals surface area (Å²) in [4.78, 5) is 26.5. The Morgan fingerprint density at radius 1 is 0.891 bits per heavy atom. The molecule has 0 saturated heterocycles. The van der Waals surface area contributed by atoms with Crippen LogP contribution in [0.25, 0.3) is 21.9 Å². The number of benzene rings is 4. The van der Waals surface area contributed by atoms with E-state index in [9.17, 15) is 31.2 Å². The van der Waals surface area contributed by atoms with Gasteiger partial charge in [0.2, 0.25) is 5.76 Å². The molecular weight excluding hydrogens is 623 g/mol. The van der Waals surface area contributed by atoms with Crippen LogP contribution in [-0.2, 0) is 33.9 Å². The fourth-order valence-corrected chi connectivity index (χ4v) is 6.28. The van der Waals surface area contributed by atoms with E-state index < -0.39 is 39.4 Å². The van der Waals surface area contributed by atoms with Gasteiger partial charge in [-0.1, -0.05) is 60.7 Å². The minimum absolute atomic E-state index is 0.0615. The maximum absolute atomic E-state index is 14.2. The van der Waals surface area contributed by atoms with E-state index in [1.165, 1.54) is 36.3 Å². The molecule has 238 valence electrons. The molecule has 0 aliphatic heterocycles. The van der Waals surface area contributed by atoms with Crippen molar-refractivity contribution in [3.8, 4) is 16.9 Å². The van der Waals surface area contributed by atoms with Crippen LogP contribution in [0.2, 0.25) is 0 Å². The lowest BCUT2D eigenvalue weighted by Crippen LogP contribution is -2.31. The standard InChI is InChI=1S/C34H28F3NO7S/c1-21-10-11-22-6-3-4-9-28(22)32(21)33(41)38(19-26-14-15-30(45-26)34(35,36)37)18-25-13-12-24(17-29(25)44-2)23-7-5-8-27(16-23)46(42,43)20-31(39)40/h3-17H,18-20H2,1-2H3,(H,39,40). The molecule has 0 atom stereocenters. The molecule has 1 heterocycles. The van der Waals surface area contributed by atoms with Gasteiger partial charge in [-0.15, -0.1) is 0 Å². The number of carboxylic acids is 1. The zero-order chi connectivity index (χ0) is 33.2. The van der Waals surface area contributed by atoms with E-state index >= 15 is 0 Å². The largest absolute Gasteiger partial charge is 0.496 e. The molecule has 0 saturated carbocycles. The fourth-order valence-electron chi connectivity index (χ4n) is 5.20.